The zero-order valence-corrected chi connectivity index (χ0v) is 13.6. The van der Waals surface area contributed by atoms with E-state index in [0.29, 0.717) is 5.92 Å². The molecule has 0 unspecified atom stereocenters. The first-order chi connectivity index (χ1) is 11.3. The Hall–Kier alpha value is -1.34. The van der Waals surface area contributed by atoms with E-state index in [1.807, 2.05) is 24.3 Å². The van der Waals surface area contributed by atoms with E-state index in [-0.39, 0.29) is 5.41 Å². The molecule has 0 amide bonds. The van der Waals surface area contributed by atoms with Gasteiger partial charge in [-0.3, -0.25) is 0 Å². The minimum Gasteiger partial charge on any atom is -0.323 e. The number of benzene rings is 1. The van der Waals surface area contributed by atoms with Gasteiger partial charge in [0.15, 0.2) is 0 Å². The van der Waals surface area contributed by atoms with Crippen LogP contribution >= 0.6 is 0 Å². The van der Waals surface area contributed by atoms with Gasteiger partial charge in [-0.2, -0.15) is 0 Å². The van der Waals surface area contributed by atoms with Gasteiger partial charge < -0.3 is 14.2 Å². The lowest BCUT2D eigenvalue weighted by molar-refractivity contribution is -0.485. The third kappa shape index (κ3) is 2.59. The third-order valence-corrected chi connectivity index (χ3v) is 5.78. The molecule has 0 atom stereocenters. The molecule has 1 aliphatic carbocycles. The zero-order valence-electron chi connectivity index (χ0n) is 13.6. The molecule has 4 fully saturated rings. The summed E-state index contributed by atoms with van der Waals surface area (Å²) in [4.78, 5) is 0. The van der Waals surface area contributed by atoms with Crippen LogP contribution in [0.1, 0.15) is 49.7 Å². The van der Waals surface area contributed by atoms with Gasteiger partial charge in [0.05, 0.1) is 19.8 Å². The molecule has 122 valence electrons. The van der Waals surface area contributed by atoms with E-state index >= 15 is 0 Å². The van der Waals surface area contributed by atoms with Crippen LogP contribution in [0.4, 0.5) is 0 Å². The standard InChI is InChI=1S/C20H24O3/c1-2-16-9-11-18(12-10-16)20-21-13-19(14-22-20,15-23-20)17-7-5-3-4-6-8-17/h1,9-12,17H,3-8,13-15H2. The summed E-state index contributed by atoms with van der Waals surface area (Å²) in [6, 6.07) is 7.70. The Morgan fingerprint density at radius 3 is 1.96 bits per heavy atom. The predicted octanol–water partition coefficient (Wildman–Crippen LogP) is 3.81. The number of hydrogen-bond donors (Lipinski definition) is 0. The molecule has 3 heterocycles. The Morgan fingerprint density at radius 1 is 0.870 bits per heavy atom. The van der Waals surface area contributed by atoms with Crippen molar-refractivity contribution in [1.82, 2.24) is 0 Å². The van der Waals surface area contributed by atoms with Crippen LogP contribution < -0.4 is 0 Å². The summed E-state index contributed by atoms with van der Waals surface area (Å²) in [5.74, 6) is 2.26. The highest BCUT2D eigenvalue weighted by Gasteiger charge is 2.56. The highest BCUT2D eigenvalue weighted by Crippen LogP contribution is 2.50. The first-order valence-corrected chi connectivity index (χ1v) is 8.75. The van der Waals surface area contributed by atoms with Gasteiger partial charge in [-0.15, -0.1) is 6.42 Å². The summed E-state index contributed by atoms with van der Waals surface area (Å²) < 4.78 is 18.4. The van der Waals surface area contributed by atoms with Crippen molar-refractivity contribution in [2.75, 3.05) is 19.8 Å². The van der Waals surface area contributed by atoms with E-state index in [1.165, 1.54) is 38.5 Å². The Labute approximate surface area is 138 Å². The second-order valence-electron chi connectivity index (χ2n) is 7.19. The summed E-state index contributed by atoms with van der Waals surface area (Å²) in [6.45, 7) is 2.19. The maximum absolute atomic E-state index is 6.13. The van der Waals surface area contributed by atoms with Crippen molar-refractivity contribution in [3.63, 3.8) is 0 Å². The molecule has 5 rings (SSSR count). The highest BCUT2D eigenvalue weighted by atomic mass is 16.9. The van der Waals surface area contributed by atoms with Crippen molar-refractivity contribution in [1.29, 1.82) is 0 Å². The summed E-state index contributed by atoms with van der Waals surface area (Å²) in [7, 11) is 0. The summed E-state index contributed by atoms with van der Waals surface area (Å²) in [5.41, 5.74) is 1.79. The topological polar surface area (TPSA) is 27.7 Å². The number of fused-ring (bicyclic) bond motifs is 3. The average molecular weight is 312 g/mol. The van der Waals surface area contributed by atoms with Gasteiger partial charge in [-0.1, -0.05) is 31.6 Å². The summed E-state index contributed by atoms with van der Waals surface area (Å²) >= 11 is 0. The van der Waals surface area contributed by atoms with Crippen molar-refractivity contribution in [3.8, 4) is 12.3 Å². The smallest absolute Gasteiger partial charge is 0.312 e. The van der Waals surface area contributed by atoms with Gasteiger partial charge >= 0.3 is 5.97 Å². The van der Waals surface area contributed by atoms with Crippen LogP contribution in [-0.4, -0.2) is 19.8 Å². The van der Waals surface area contributed by atoms with Crippen LogP contribution in [0.5, 0.6) is 0 Å². The third-order valence-electron chi connectivity index (χ3n) is 5.78. The average Bonchev–Trinajstić information content (AvgIpc) is 2.93. The lowest BCUT2D eigenvalue weighted by Crippen LogP contribution is -2.60. The lowest BCUT2D eigenvalue weighted by atomic mass is 9.72. The molecule has 1 saturated carbocycles. The van der Waals surface area contributed by atoms with Gasteiger partial charge in [-0.25, -0.2) is 0 Å². The van der Waals surface area contributed by atoms with Gasteiger partial charge in [0.2, 0.25) is 0 Å². The van der Waals surface area contributed by atoms with Gasteiger partial charge in [0, 0.05) is 16.5 Å². The molecule has 0 aromatic heterocycles. The molecule has 0 N–H and O–H groups in total. The van der Waals surface area contributed by atoms with Crippen molar-refractivity contribution in [2.45, 2.75) is 44.5 Å². The molecule has 3 saturated heterocycles. The molecular formula is C20H24O3. The number of rotatable bonds is 2. The molecule has 4 aliphatic rings. The lowest BCUT2D eigenvalue weighted by Gasteiger charge is -2.54. The van der Waals surface area contributed by atoms with E-state index < -0.39 is 5.97 Å². The molecule has 23 heavy (non-hydrogen) atoms. The second kappa shape index (κ2) is 5.94. The van der Waals surface area contributed by atoms with Crippen molar-refractivity contribution < 1.29 is 14.2 Å². The Bertz CT molecular complexity index is 566. The molecular weight excluding hydrogens is 288 g/mol. The van der Waals surface area contributed by atoms with Crippen LogP contribution in [0.2, 0.25) is 0 Å². The minimum absolute atomic E-state index is 0.0465. The second-order valence-corrected chi connectivity index (χ2v) is 7.19. The highest BCUT2D eigenvalue weighted by molar-refractivity contribution is 5.35. The molecule has 3 heteroatoms. The first-order valence-electron chi connectivity index (χ1n) is 8.75. The SMILES string of the molecule is C#Cc1ccc(C23OCC(C4CCCCCC4)(CO2)CO3)cc1. The molecule has 3 nitrogen and oxygen atoms in total. The molecule has 1 aromatic carbocycles. The fourth-order valence-electron chi connectivity index (χ4n) is 4.23. The van der Waals surface area contributed by atoms with Gasteiger partial charge in [0.1, 0.15) is 0 Å². The van der Waals surface area contributed by atoms with Crippen LogP contribution in [0.25, 0.3) is 0 Å². The van der Waals surface area contributed by atoms with Crippen molar-refractivity contribution >= 4 is 0 Å². The van der Waals surface area contributed by atoms with Crippen molar-refractivity contribution in [3.05, 3.63) is 35.4 Å². The predicted molar refractivity (Wildman–Crippen MR) is 87.5 cm³/mol. The minimum atomic E-state index is -1.03. The fraction of sp³-hybridized carbons (Fsp3) is 0.600. The van der Waals surface area contributed by atoms with Crippen molar-refractivity contribution in [2.24, 2.45) is 11.3 Å². The van der Waals surface area contributed by atoms with E-state index in [4.69, 9.17) is 20.6 Å². The maximum atomic E-state index is 6.13. The van der Waals surface area contributed by atoms with E-state index in [0.717, 1.165) is 30.9 Å². The zero-order chi connectivity index (χ0) is 15.8. The summed E-state index contributed by atoms with van der Waals surface area (Å²) in [6.07, 6.45) is 13.3. The molecule has 1 aromatic rings. The first kappa shape index (κ1) is 15.2. The van der Waals surface area contributed by atoms with E-state index in [9.17, 15) is 0 Å². The molecule has 3 aliphatic heterocycles. The Balaban J connectivity index is 1.52. The molecule has 0 spiro atoms. The quantitative estimate of drug-likeness (QED) is 0.614. The normalized spacial score (nSPS) is 34.7. The van der Waals surface area contributed by atoms with Gasteiger partial charge in [0.25, 0.3) is 0 Å². The van der Waals surface area contributed by atoms with Crippen LogP contribution in [0, 0.1) is 23.7 Å². The Morgan fingerprint density at radius 2 is 1.43 bits per heavy atom. The number of ether oxygens (including phenoxy) is 3. The van der Waals surface area contributed by atoms with E-state index in [2.05, 4.69) is 5.92 Å². The Kier molecular flexibility index (Phi) is 3.93. The van der Waals surface area contributed by atoms with E-state index in [1.54, 1.807) is 0 Å². The fourth-order valence-corrected chi connectivity index (χ4v) is 4.23. The van der Waals surface area contributed by atoms with Crippen LogP contribution in [0.3, 0.4) is 0 Å². The van der Waals surface area contributed by atoms with Crippen LogP contribution in [-0.2, 0) is 20.2 Å². The summed E-state index contributed by atoms with van der Waals surface area (Å²) in [5, 5.41) is 0. The maximum Gasteiger partial charge on any atom is 0.312 e. The molecule has 2 bridgehead atoms. The number of hydrogen-bond acceptors (Lipinski definition) is 3. The number of terminal acetylenes is 1. The largest absolute Gasteiger partial charge is 0.323 e. The van der Waals surface area contributed by atoms with Gasteiger partial charge in [-0.05, 0) is 43.0 Å². The molecule has 0 radical (unpaired) electrons. The van der Waals surface area contributed by atoms with Crippen LogP contribution in [0.15, 0.2) is 24.3 Å². The monoisotopic (exact) mass is 312 g/mol.